The van der Waals surface area contributed by atoms with Crippen LogP contribution in [0.1, 0.15) is 11.4 Å². The largest absolute Gasteiger partial charge is 0.340 e. The minimum absolute atomic E-state index is 0.189. The number of H-pyrrole nitrogens is 3. The summed E-state index contributed by atoms with van der Waals surface area (Å²) in [6.45, 7) is 1.21. The van der Waals surface area contributed by atoms with Gasteiger partial charge in [-0.15, -0.1) is 0 Å². The van der Waals surface area contributed by atoms with Gasteiger partial charge in [0.1, 0.15) is 11.6 Å². The molecule has 4 rings (SSSR count). The lowest BCUT2D eigenvalue weighted by Crippen LogP contribution is -2.18. The number of benzene rings is 2. The normalized spacial score (nSPS) is 11.1. The van der Waals surface area contributed by atoms with E-state index in [9.17, 15) is 9.59 Å². The van der Waals surface area contributed by atoms with E-state index in [0.29, 0.717) is 30.4 Å². The number of nitrogens with one attached hydrogen (secondary N) is 3. The van der Waals surface area contributed by atoms with E-state index in [1.54, 1.807) is 0 Å². The second kappa shape index (κ2) is 8.07. The first-order chi connectivity index (χ1) is 14.1. The van der Waals surface area contributed by atoms with Crippen molar-refractivity contribution in [2.24, 2.45) is 0 Å². The number of aromatic nitrogens is 5. The molecule has 0 saturated heterocycles. The van der Waals surface area contributed by atoms with E-state index in [2.05, 4.69) is 25.1 Å². The Hall–Kier alpha value is -3.78. The van der Waals surface area contributed by atoms with Crippen LogP contribution in [-0.4, -0.2) is 37.1 Å². The van der Waals surface area contributed by atoms with Crippen molar-refractivity contribution in [1.29, 1.82) is 0 Å². The number of rotatable bonds is 6. The molecule has 0 radical (unpaired) electrons. The van der Waals surface area contributed by atoms with Crippen molar-refractivity contribution >= 4 is 0 Å². The first-order valence-corrected chi connectivity index (χ1v) is 9.15. The third kappa shape index (κ3) is 4.56. The Labute approximate surface area is 166 Å². The van der Waals surface area contributed by atoms with Crippen molar-refractivity contribution < 1.29 is 0 Å². The summed E-state index contributed by atoms with van der Waals surface area (Å²) in [4.78, 5) is 35.3. The molecule has 0 aliphatic heterocycles. The van der Waals surface area contributed by atoms with Crippen molar-refractivity contribution in [2.75, 3.05) is 7.05 Å². The highest BCUT2D eigenvalue weighted by Crippen LogP contribution is 2.20. The Bertz CT molecular complexity index is 1210. The molecular weight excluding hydrogens is 368 g/mol. The van der Waals surface area contributed by atoms with Crippen LogP contribution in [0.4, 0.5) is 0 Å². The summed E-state index contributed by atoms with van der Waals surface area (Å²) in [5.41, 5.74) is 2.97. The molecule has 0 aliphatic carbocycles. The number of nitrogens with zero attached hydrogens (tertiary/aromatic N) is 3. The molecule has 0 saturated carbocycles. The fourth-order valence-electron chi connectivity index (χ4n) is 3.12. The number of hydrogen-bond donors (Lipinski definition) is 3. The van der Waals surface area contributed by atoms with Gasteiger partial charge in [-0.2, -0.15) is 5.10 Å². The summed E-state index contributed by atoms with van der Waals surface area (Å²) in [5.74, 6) is 1.12. The van der Waals surface area contributed by atoms with Gasteiger partial charge in [0.2, 0.25) is 0 Å². The minimum atomic E-state index is -0.308. The van der Waals surface area contributed by atoms with Gasteiger partial charge < -0.3 is 4.98 Å². The van der Waals surface area contributed by atoms with Crippen LogP contribution in [0, 0.1) is 0 Å². The zero-order valence-corrected chi connectivity index (χ0v) is 15.8. The van der Waals surface area contributed by atoms with Gasteiger partial charge in [-0.25, -0.2) is 14.9 Å². The molecule has 0 aliphatic rings. The monoisotopic (exact) mass is 388 g/mol. The standard InChI is InChI=1S/C21H20N6O2/c1-27(13-18-23-21(29)26-25-18)12-14-7-9-16(10-8-14)20-22-17(11-19(28)24-20)15-5-3-2-4-6-15/h2-11H,12-13H2,1H3,(H,22,24,28)(H2,23,25,26,29). The topological polar surface area (TPSA) is 111 Å². The molecule has 3 N–H and O–H groups in total. The summed E-state index contributed by atoms with van der Waals surface area (Å²) >= 11 is 0. The molecule has 8 nitrogen and oxygen atoms in total. The van der Waals surface area contributed by atoms with Crippen LogP contribution in [0.5, 0.6) is 0 Å². The fourth-order valence-corrected chi connectivity index (χ4v) is 3.12. The number of hydrogen-bond acceptors (Lipinski definition) is 5. The Morgan fingerprint density at radius 1 is 0.897 bits per heavy atom. The maximum Gasteiger partial charge on any atom is 0.340 e. The lowest BCUT2D eigenvalue weighted by Gasteiger charge is -2.15. The van der Waals surface area contributed by atoms with Crippen LogP contribution in [0.25, 0.3) is 22.6 Å². The van der Waals surface area contributed by atoms with Gasteiger partial charge in [-0.1, -0.05) is 54.6 Å². The maximum absolute atomic E-state index is 12.1. The molecule has 0 atom stereocenters. The molecule has 0 bridgehead atoms. The summed E-state index contributed by atoms with van der Waals surface area (Å²) in [7, 11) is 1.95. The quantitative estimate of drug-likeness (QED) is 0.469. The average Bonchev–Trinajstić information content (AvgIpc) is 3.13. The fraction of sp³-hybridized carbons (Fsp3) is 0.143. The Balaban J connectivity index is 1.51. The van der Waals surface area contributed by atoms with E-state index >= 15 is 0 Å². The second-order valence-electron chi connectivity index (χ2n) is 6.84. The molecular formula is C21H20N6O2. The second-order valence-corrected chi connectivity index (χ2v) is 6.84. The smallest absolute Gasteiger partial charge is 0.306 e. The van der Waals surface area contributed by atoms with Gasteiger partial charge in [-0.05, 0) is 12.6 Å². The van der Waals surface area contributed by atoms with Gasteiger partial charge in [0, 0.05) is 23.7 Å². The van der Waals surface area contributed by atoms with E-state index in [1.807, 2.05) is 66.5 Å². The third-order valence-electron chi connectivity index (χ3n) is 4.46. The van der Waals surface area contributed by atoms with E-state index in [0.717, 1.165) is 16.7 Å². The molecule has 2 heterocycles. The molecule has 0 amide bonds. The molecule has 8 heteroatoms. The van der Waals surface area contributed by atoms with Crippen LogP contribution < -0.4 is 11.2 Å². The highest BCUT2D eigenvalue weighted by Gasteiger charge is 2.08. The van der Waals surface area contributed by atoms with Gasteiger partial charge in [0.25, 0.3) is 5.56 Å². The molecule has 0 fully saturated rings. The minimum Gasteiger partial charge on any atom is -0.306 e. The Morgan fingerprint density at radius 2 is 1.66 bits per heavy atom. The van der Waals surface area contributed by atoms with Gasteiger partial charge in [0.05, 0.1) is 12.2 Å². The highest BCUT2D eigenvalue weighted by molar-refractivity contribution is 5.63. The van der Waals surface area contributed by atoms with Crippen LogP contribution in [-0.2, 0) is 13.1 Å². The third-order valence-corrected chi connectivity index (χ3v) is 4.46. The molecule has 2 aromatic carbocycles. The lowest BCUT2D eigenvalue weighted by atomic mass is 10.1. The first kappa shape index (κ1) is 18.6. The maximum atomic E-state index is 12.1. The first-order valence-electron chi connectivity index (χ1n) is 9.15. The van der Waals surface area contributed by atoms with Crippen LogP contribution in [0.3, 0.4) is 0 Å². The van der Waals surface area contributed by atoms with E-state index in [-0.39, 0.29) is 11.2 Å². The number of aromatic amines is 3. The highest BCUT2D eigenvalue weighted by atomic mass is 16.1. The average molecular weight is 388 g/mol. The van der Waals surface area contributed by atoms with Crippen molar-refractivity contribution in [3.63, 3.8) is 0 Å². The van der Waals surface area contributed by atoms with Crippen molar-refractivity contribution in [2.45, 2.75) is 13.1 Å². The summed E-state index contributed by atoms with van der Waals surface area (Å²) in [6.07, 6.45) is 0. The summed E-state index contributed by atoms with van der Waals surface area (Å²) < 4.78 is 0. The van der Waals surface area contributed by atoms with Gasteiger partial charge in [0.15, 0.2) is 0 Å². The van der Waals surface area contributed by atoms with Crippen molar-refractivity contribution in [3.8, 4) is 22.6 Å². The van der Waals surface area contributed by atoms with Gasteiger partial charge in [-0.3, -0.25) is 14.7 Å². The zero-order chi connectivity index (χ0) is 20.2. The summed E-state index contributed by atoms with van der Waals surface area (Å²) in [5, 5.41) is 6.28. The molecule has 0 unspecified atom stereocenters. The predicted molar refractivity (Wildman–Crippen MR) is 110 cm³/mol. The lowest BCUT2D eigenvalue weighted by molar-refractivity contribution is 0.311. The molecule has 146 valence electrons. The SMILES string of the molecule is CN(Cc1ccc(-c2nc(-c3ccccc3)cc(=O)[nH]2)cc1)Cc1n[nH]c(=O)[nH]1. The van der Waals surface area contributed by atoms with Crippen LogP contribution in [0.15, 0.2) is 70.3 Å². The van der Waals surface area contributed by atoms with E-state index in [4.69, 9.17) is 0 Å². The van der Waals surface area contributed by atoms with Crippen LogP contribution in [0.2, 0.25) is 0 Å². The van der Waals surface area contributed by atoms with Crippen molar-refractivity contribution in [3.05, 3.63) is 92.9 Å². The molecule has 2 aromatic heterocycles. The molecule has 0 spiro atoms. The zero-order valence-electron chi connectivity index (χ0n) is 15.8. The molecule has 4 aromatic rings. The molecule has 29 heavy (non-hydrogen) atoms. The van der Waals surface area contributed by atoms with E-state index in [1.165, 1.54) is 6.07 Å². The van der Waals surface area contributed by atoms with E-state index < -0.39 is 0 Å². The van der Waals surface area contributed by atoms with Crippen molar-refractivity contribution in [1.82, 2.24) is 30.0 Å². The Morgan fingerprint density at radius 3 is 2.34 bits per heavy atom. The predicted octanol–water partition coefficient (Wildman–Crippen LogP) is 2.15. The Kier molecular flexibility index (Phi) is 5.17. The summed E-state index contributed by atoms with van der Waals surface area (Å²) in [6, 6.07) is 19.0. The van der Waals surface area contributed by atoms with Gasteiger partial charge >= 0.3 is 5.69 Å². The van der Waals surface area contributed by atoms with Crippen LogP contribution >= 0.6 is 0 Å².